The summed E-state index contributed by atoms with van der Waals surface area (Å²) in [6.07, 6.45) is 8.99. The van der Waals surface area contributed by atoms with Crippen LogP contribution >= 0.6 is 17.0 Å². The van der Waals surface area contributed by atoms with E-state index < -0.39 is 5.62 Å². The Kier molecular flexibility index (Phi) is 8.63. The SMILES string of the molecule is CCCOP(=S)(NC=NC1CCCC1)SC(C)CC. The Bertz CT molecular complexity index is 320. The number of rotatable bonds is 9. The van der Waals surface area contributed by atoms with Crippen LogP contribution in [0.3, 0.4) is 0 Å². The van der Waals surface area contributed by atoms with Gasteiger partial charge in [0.1, 0.15) is 0 Å². The van der Waals surface area contributed by atoms with Crippen LogP contribution in [0.25, 0.3) is 0 Å². The Morgan fingerprint density at radius 1 is 1.47 bits per heavy atom. The van der Waals surface area contributed by atoms with E-state index in [1.807, 2.05) is 6.34 Å². The summed E-state index contributed by atoms with van der Waals surface area (Å²) in [6, 6.07) is 0.496. The Morgan fingerprint density at radius 3 is 2.74 bits per heavy atom. The molecule has 0 aromatic carbocycles. The van der Waals surface area contributed by atoms with E-state index in [-0.39, 0.29) is 0 Å². The standard InChI is InChI=1S/C13H27N2OPS2/c1-4-10-16-17(18,19-12(3)5-2)15-11-14-13-8-6-7-9-13/h11-13H,4-10H2,1-3H3,(H,14,15,18). The predicted octanol–water partition coefficient (Wildman–Crippen LogP) is 4.73. The van der Waals surface area contributed by atoms with Crippen molar-refractivity contribution in [2.75, 3.05) is 6.61 Å². The van der Waals surface area contributed by atoms with Crippen LogP contribution in [-0.4, -0.2) is 24.2 Å². The normalized spacial score (nSPS) is 21.6. The third-order valence-electron chi connectivity index (χ3n) is 3.18. The van der Waals surface area contributed by atoms with Crippen molar-refractivity contribution < 1.29 is 4.52 Å². The van der Waals surface area contributed by atoms with Crippen molar-refractivity contribution in [3.8, 4) is 0 Å². The van der Waals surface area contributed by atoms with E-state index in [1.54, 1.807) is 11.4 Å². The smallest absolute Gasteiger partial charge is 0.211 e. The molecule has 0 saturated heterocycles. The fourth-order valence-electron chi connectivity index (χ4n) is 1.88. The summed E-state index contributed by atoms with van der Waals surface area (Å²) >= 11 is 7.47. The zero-order chi connectivity index (χ0) is 14.1. The molecule has 3 nitrogen and oxygen atoms in total. The van der Waals surface area contributed by atoms with Gasteiger partial charge in [0.25, 0.3) is 0 Å². The van der Waals surface area contributed by atoms with Crippen LogP contribution in [0, 0.1) is 0 Å². The highest BCUT2D eigenvalue weighted by Crippen LogP contribution is 2.58. The highest BCUT2D eigenvalue weighted by molar-refractivity contribution is 8.69. The van der Waals surface area contributed by atoms with E-state index >= 15 is 0 Å². The Balaban J connectivity index is 2.49. The van der Waals surface area contributed by atoms with E-state index in [1.165, 1.54) is 25.7 Å². The second kappa shape index (κ2) is 9.38. The van der Waals surface area contributed by atoms with Gasteiger partial charge in [-0.2, -0.15) is 0 Å². The molecule has 112 valence electrons. The molecule has 1 rings (SSSR count). The maximum Gasteiger partial charge on any atom is 0.211 e. The summed E-state index contributed by atoms with van der Waals surface area (Å²) in [7, 11) is 0. The first-order chi connectivity index (χ1) is 9.09. The minimum absolute atomic E-state index is 0.496. The molecule has 0 aromatic heterocycles. The number of hydrogen-bond acceptors (Lipinski definition) is 4. The molecule has 2 atom stereocenters. The molecule has 0 bridgehead atoms. The van der Waals surface area contributed by atoms with Crippen LogP contribution in [0.2, 0.25) is 0 Å². The fourth-order valence-corrected chi connectivity index (χ4v) is 7.62. The summed E-state index contributed by atoms with van der Waals surface area (Å²) in [4.78, 5) is 4.58. The zero-order valence-electron chi connectivity index (χ0n) is 12.3. The van der Waals surface area contributed by atoms with Gasteiger partial charge in [-0.1, -0.05) is 45.0 Å². The van der Waals surface area contributed by atoms with Crippen LogP contribution in [0.5, 0.6) is 0 Å². The predicted molar refractivity (Wildman–Crippen MR) is 91.8 cm³/mol. The average molecular weight is 322 g/mol. The van der Waals surface area contributed by atoms with Crippen LogP contribution in [0.4, 0.5) is 0 Å². The Hall–Kier alpha value is 0.430. The average Bonchev–Trinajstić information content (AvgIpc) is 2.89. The Morgan fingerprint density at radius 2 is 2.16 bits per heavy atom. The first-order valence-corrected chi connectivity index (χ1v) is 11.5. The van der Waals surface area contributed by atoms with Crippen molar-refractivity contribution in [2.45, 2.75) is 70.6 Å². The molecule has 6 heteroatoms. The van der Waals surface area contributed by atoms with Gasteiger partial charge in [0.05, 0.1) is 19.0 Å². The molecule has 1 aliphatic carbocycles. The van der Waals surface area contributed by atoms with Gasteiger partial charge < -0.3 is 9.61 Å². The number of aliphatic imine (C=N–C) groups is 1. The lowest BCUT2D eigenvalue weighted by molar-refractivity contribution is 0.356. The topological polar surface area (TPSA) is 33.6 Å². The quantitative estimate of drug-likeness (QED) is 0.378. The lowest BCUT2D eigenvalue weighted by atomic mass is 10.3. The van der Waals surface area contributed by atoms with Crippen molar-refractivity contribution in [3.63, 3.8) is 0 Å². The van der Waals surface area contributed by atoms with Gasteiger partial charge in [0.2, 0.25) is 5.62 Å². The molecule has 1 saturated carbocycles. The van der Waals surface area contributed by atoms with E-state index in [4.69, 9.17) is 16.3 Å². The number of hydrogen-bond donors (Lipinski definition) is 1. The maximum atomic E-state index is 5.90. The molecular formula is C13H27N2OPS2. The molecule has 0 aliphatic heterocycles. The second-order valence-corrected chi connectivity index (χ2v) is 11.9. The third-order valence-corrected chi connectivity index (χ3v) is 9.06. The minimum Gasteiger partial charge on any atom is -0.326 e. The van der Waals surface area contributed by atoms with Gasteiger partial charge in [-0.25, -0.2) is 0 Å². The largest absolute Gasteiger partial charge is 0.326 e. The first kappa shape index (κ1) is 17.5. The molecule has 0 heterocycles. The minimum atomic E-state index is -2.01. The zero-order valence-corrected chi connectivity index (χ0v) is 14.8. The van der Waals surface area contributed by atoms with Gasteiger partial charge in [-0.15, -0.1) is 0 Å². The van der Waals surface area contributed by atoms with E-state index in [9.17, 15) is 0 Å². The fraction of sp³-hybridized carbons (Fsp3) is 0.923. The van der Waals surface area contributed by atoms with Crippen LogP contribution in [-0.2, 0) is 16.3 Å². The molecule has 1 fully saturated rings. The summed E-state index contributed by atoms with van der Waals surface area (Å²) in [5, 5.41) is 3.82. The van der Waals surface area contributed by atoms with Crippen molar-refractivity contribution in [1.29, 1.82) is 0 Å². The molecular weight excluding hydrogens is 295 g/mol. The summed E-state index contributed by atoms with van der Waals surface area (Å²) in [5.74, 6) is 0. The van der Waals surface area contributed by atoms with Gasteiger partial charge in [0.15, 0.2) is 0 Å². The summed E-state index contributed by atoms with van der Waals surface area (Å²) in [6.45, 7) is 7.23. The molecule has 0 aromatic rings. The van der Waals surface area contributed by atoms with E-state index in [0.717, 1.165) is 19.4 Å². The van der Waals surface area contributed by atoms with Crippen LogP contribution < -0.4 is 5.09 Å². The van der Waals surface area contributed by atoms with Crippen molar-refractivity contribution in [2.24, 2.45) is 4.99 Å². The van der Waals surface area contributed by atoms with Gasteiger partial charge in [0, 0.05) is 5.25 Å². The summed E-state index contributed by atoms with van der Waals surface area (Å²) < 4.78 is 5.90. The van der Waals surface area contributed by atoms with Gasteiger partial charge in [-0.3, -0.25) is 4.99 Å². The maximum absolute atomic E-state index is 5.90. The highest BCUT2D eigenvalue weighted by Gasteiger charge is 2.20. The first-order valence-electron chi connectivity index (χ1n) is 7.32. The van der Waals surface area contributed by atoms with E-state index in [0.29, 0.717) is 11.3 Å². The lowest BCUT2D eigenvalue weighted by Gasteiger charge is -2.24. The molecule has 0 amide bonds. The molecule has 0 spiro atoms. The number of nitrogens with one attached hydrogen (secondary N) is 1. The second-order valence-electron chi connectivity index (χ2n) is 5.00. The molecule has 1 N–H and O–H groups in total. The Labute approximate surface area is 127 Å². The third kappa shape index (κ3) is 7.12. The molecule has 2 unspecified atom stereocenters. The van der Waals surface area contributed by atoms with Gasteiger partial charge in [-0.05, 0) is 37.5 Å². The van der Waals surface area contributed by atoms with Gasteiger partial charge >= 0.3 is 0 Å². The van der Waals surface area contributed by atoms with E-state index in [2.05, 4.69) is 30.9 Å². The monoisotopic (exact) mass is 322 g/mol. The molecule has 0 radical (unpaired) electrons. The molecule has 1 aliphatic rings. The molecule has 19 heavy (non-hydrogen) atoms. The van der Waals surface area contributed by atoms with Crippen molar-refractivity contribution in [3.05, 3.63) is 0 Å². The number of nitrogens with zero attached hydrogens (tertiary/aromatic N) is 1. The van der Waals surface area contributed by atoms with Crippen molar-refractivity contribution >= 4 is 35.1 Å². The van der Waals surface area contributed by atoms with Crippen LogP contribution in [0.1, 0.15) is 59.3 Å². The lowest BCUT2D eigenvalue weighted by Crippen LogP contribution is -2.12. The van der Waals surface area contributed by atoms with Crippen LogP contribution in [0.15, 0.2) is 4.99 Å². The highest BCUT2D eigenvalue weighted by atomic mass is 32.9. The van der Waals surface area contributed by atoms with Crippen molar-refractivity contribution in [1.82, 2.24) is 5.09 Å². The summed E-state index contributed by atoms with van der Waals surface area (Å²) in [5.41, 5.74) is -2.01.